The van der Waals surface area contributed by atoms with Crippen molar-refractivity contribution in [3.8, 4) is 22.8 Å². The smallest absolute Gasteiger partial charge is 0.0624 e. The van der Waals surface area contributed by atoms with Crippen LogP contribution in [0.4, 0.5) is 0 Å². The lowest BCUT2D eigenvalue weighted by Gasteiger charge is -1.94. The van der Waals surface area contributed by atoms with Crippen molar-refractivity contribution in [2.24, 2.45) is 0 Å². The largest absolute Gasteiger partial charge is 0.360 e. The molecule has 3 heteroatoms. The van der Waals surface area contributed by atoms with E-state index in [1.165, 1.54) is 0 Å². The Balaban J connectivity index is 2.02. The van der Waals surface area contributed by atoms with Crippen molar-refractivity contribution >= 4 is 0 Å². The molecule has 0 atom stereocenters. The summed E-state index contributed by atoms with van der Waals surface area (Å²) >= 11 is 0. The Labute approximate surface area is 87.2 Å². The zero-order valence-corrected chi connectivity index (χ0v) is 8.04. The Bertz CT molecular complexity index is 480. The summed E-state index contributed by atoms with van der Waals surface area (Å²) in [6, 6.07) is 12.0. The fourth-order valence-corrected chi connectivity index (χ4v) is 1.65. The first-order chi connectivity index (χ1) is 7.43. The summed E-state index contributed by atoms with van der Waals surface area (Å²) in [5.41, 5.74) is 4.30. The minimum Gasteiger partial charge on any atom is -0.360 e. The molecule has 0 spiro atoms. The maximum Gasteiger partial charge on any atom is 0.0624 e. The number of aromatic amines is 3. The lowest BCUT2D eigenvalue weighted by molar-refractivity contribution is 1.30. The van der Waals surface area contributed by atoms with Crippen LogP contribution in [0.15, 0.2) is 42.6 Å². The lowest BCUT2D eigenvalue weighted by atomic mass is 10.3. The molecule has 0 aliphatic heterocycles. The summed E-state index contributed by atoms with van der Waals surface area (Å²) in [5, 5.41) is 0. The molecule has 0 aliphatic rings. The number of aromatic nitrogens is 3. The van der Waals surface area contributed by atoms with E-state index >= 15 is 0 Å². The third-order valence-corrected chi connectivity index (χ3v) is 2.40. The van der Waals surface area contributed by atoms with E-state index in [1.807, 2.05) is 30.5 Å². The highest BCUT2D eigenvalue weighted by molar-refractivity contribution is 5.64. The van der Waals surface area contributed by atoms with Gasteiger partial charge in [0.1, 0.15) is 0 Å². The average Bonchev–Trinajstić information content (AvgIpc) is 3.02. The summed E-state index contributed by atoms with van der Waals surface area (Å²) in [7, 11) is 0. The van der Waals surface area contributed by atoms with Crippen molar-refractivity contribution < 1.29 is 0 Å². The average molecular weight is 196 g/mol. The van der Waals surface area contributed by atoms with Crippen LogP contribution in [0.3, 0.4) is 0 Å². The Morgan fingerprint density at radius 2 is 1.73 bits per heavy atom. The van der Waals surface area contributed by atoms with Crippen LogP contribution in [-0.4, -0.2) is 15.0 Å². The van der Waals surface area contributed by atoms with Crippen molar-refractivity contribution in [1.82, 2.24) is 15.0 Å². The number of H-pyrrole nitrogens is 3. The molecule has 3 nitrogen and oxygen atoms in total. The number of nitrogens with one attached hydrogen (secondary N) is 3. The Hall–Kier alpha value is -2.16. The molecule has 3 N–H and O–H groups in total. The highest BCUT2D eigenvalue weighted by Gasteiger charge is 2.03. The first-order valence-corrected chi connectivity index (χ1v) is 4.82. The van der Waals surface area contributed by atoms with Crippen molar-refractivity contribution in [3.05, 3.63) is 48.8 Å². The lowest BCUT2D eigenvalue weighted by Crippen LogP contribution is -1.78. The van der Waals surface area contributed by atoms with E-state index in [1.54, 1.807) is 0 Å². The molecule has 0 bridgehead atoms. The van der Waals surface area contributed by atoms with E-state index in [0.717, 1.165) is 22.8 Å². The van der Waals surface area contributed by atoms with Gasteiger partial charge in [-0.05, 0) is 36.4 Å². The highest BCUT2D eigenvalue weighted by atomic mass is 14.8. The molecule has 3 aromatic rings. The van der Waals surface area contributed by atoms with Crippen molar-refractivity contribution in [3.63, 3.8) is 0 Å². The van der Waals surface area contributed by atoms with Gasteiger partial charge in [0.2, 0.25) is 0 Å². The van der Waals surface area contributed by atoms with Gasteiger partial charge in [0.15, 0.2) is 0 Å². The fourth-order valence-electron chi connectivity index (χ4n) is 1.65. The minimum absolute atomic E-state index is 1.05. The van der Waals surface area contributed by atoms with Gasteiger partial charge in [-0.3, -0.25) is 0 Å². The van der Waals surface area contributed by atoms with Crippen LogP contribution in [0.2, 0.25) is 0 Å². The first-order valence-electron chi connectivity index (χ1n) is 4.82. The molecular formula is C12H10N3. The standard InChI is InChI=1S/C12H10N3/c1-3-9(13-7-1)11-5-6-12(15-11)10-4-2-8-14-10/h1-7,13-15H. The summed E-state index contributed by atoms with van der Waals surface area (Å²) in [4.78, 5) is 9.54. The van der Waals surface area contributed by atoms with E-state index in [0.29, 0.717) is 0 Å². The van der Waals surface area contributed by atoms with Gasteiger partial charge in [-0.1, -0.05) is 0 Å². The van der Waals surface area contributed by atoms with Crippen LogP contribution >= 0.6 is 0 Å². The maximum absolute atomic E-state index is 3.34. The number of hydrogen-bond donors (Lipinski definition) is 3. The molecule has 1 radical (unpaired) electrons. The van der Waals surface area contributed by atoms with Gasteiger partial charge in [0.25, 0.3) is 0 Å². The van der Waals surface area contributed by atoms with Gasteiger partial charge in [-0.25, -0.2) is 0 Å². The van der Waals surface area contributed by atoms with Crippen LogP contribution in [0.5, 0.6) is 0 Å². The number of rotatable bonds is 2. The van der Waals surface area contributed by atoms with E-state index < -0.39 is 0 Å². The second-order valence-corrected chi connectivity index (χ2v) is 3.39. The second kappa shape index (κ2) is 3.20. The van der Waals surface area contributed by atoms with E-state index in [9.17, 15) is 0 Å². The zero-order valence-electron chi connectivity index (χ0n) is 8.04. The van der Waals surface area contributed by atoms with Crippen LogP contribution in [0.1, 0.15) is 0 Å². The molecule has 0 aromatic carbocycles. The summed E-state index contributed by atoms with van der Waals surface area (Å²) in [5.74, 6) is 0. The molecule has 0 saturated carbocycles. The van der Waals surface area contributed by atoms with Gasteiger partial charge in [-0.2, -0.15) is 0 Å². The van der Waals surface area contributed by atoms with Crippen LogP contribution in [0.25, 0.3) is 22.8 Å². The maximum atomic E-state index is 3.34. The quantitative estimate of drug-likeness (QED) is 0.564. The zero-order chi connectivity index (χ0) is 10.1. The van der Waals surface area contributed by atoms with Crippen molar-refractivity contribution in [2.45, 2.75) is 0 Å². The van der Waals surface area contributed by atoms with Crippen LogP contribution in [0, 0.1) is 6.20 Å². The third-order valence-electron chi connectivity index (χ3n) is 2.40. The Kier molecular flexibility index (Phi) is 1.75. The van der Waals surface area contributed by atoms with Crippen LogP contribution in [-0.2, 0) is 0 Å². The second-order valence-electron chi connectivity index (χ2n) is 3.39. The van der Waals surface area contributed by atoms with Gasteiger partial charge >= 0.3 is 0 Å². The van der Waals surface area contributed by atoms with Gasteiger partial charge < -0.3 is 15.0 Å². The normalized spacial score (nSPS) is 10.7. The van der Waals surface area contributed by atoms with E-state index in [2.05, 4.69) is 33.3 Å². The molecule has 15 heavy (non-hydrogen) atoms. The Morgan fingerprint density at radius 3 is 2.40 bits per heavy atom. The Morgan fingerprint density at radius 1 is 0.867 bits per heavy atom. The molecule has 3 rings (SSSR count). The number of hydrogen-bond acceptors (Lipinski definition) is 0. The van der Waals surface area contributed by atoms with Gasteiger partial charge in [0, 0.05) is 6.20 Å². The van der Waals surface area contributed by atoms with Crippen molar-refractivity contribution in [1.29, 1.82) is 0 Å². The molecule has 0 amide bonds. The minimum atomic E-state index is 1.05. The van der Waals surface area contributed by atoms with Gasteiger partial charge in [-0.15, -0.1) is 0 Å². The molecule has 0 fully saturated rings. The molecule has 0 aliphatic carbocycles. The summed E-state index contributed by atoms with van der Waals surface area (Å²) < 4.78 is 0. The molecule has 0 saturated heterocycles. The van der Waals surface area contributed by atoms with Gasteiger partial charge in [0.05, 0.1) is 29.0 Å². The topological polar surface area (TPSA) is 47.4 Å². The SMILES string of the molecule is [c]1ccc(-c2ccc(-c3ccc[nH]3)[nH]2)[nH]1. The fraction of sp³-hybridized carbons (Fsp3) is 0. The molecule has 0 unspecified atom stereocenters. The molecule has 3 heterocycles. The first kappa shape index (κ1) is 8.17. The molecule has 3 aromatic heterocycles. The van der Waals surface area contributed by atoms with E-state index in [4.69, 9.17) is 0 Å². The molecule has 73 valence electrons. The highest BCUT2D eigenvalue weighted by Crippen LogP contribution is 2.21. The third kappa shape index (κ3) is 1.38. The van der Waals surface area contributed by atoms with E-state index in [-0.39, 0.29) is 0 Å². The summed E-state index contributed by atoms with van der Waals surface area (Å²) in [6.07, 6.45) is 4.83. The summed E-state index contributed by atoms with van der Waals surface area (Å²) in [6.45, 7) is 0. The van der Waals surface area contributed by atoms with Crippen LogP contribution < -0.4 is 0 Å². The predicted octanol–water partition coefficient (Wildman–Crippen LogP) is 2.81. The molecular weight excluding hydrogens is 186 g/mol. The predicted molar refractivity (Wildman–Crippen MR) is 59.2 cm³/mol. The van der Waals surface area contributed by atoms with Crippen molar-refractivity contribution in [2.75, 3.05) is 0 Å². The monoisotopic (exact) mass is 196 g/mol.